The molecule has 37 heavy (non-hydrogen) atoms. The third-order valence-electron chi connectivity index (χ3n) is 7.24. The molecule has 0 aliphatic carbocycles. The smallest absolute Gasteiger partial charge is 0.309 e. The Kier molecular flexibility index (Phi) is 7.80. The van der Waals surface area contributed by atoms with Gasteiger partial charge < -0.3 is 24.6 Å². The predicted octanol–water partition coefficient (Wildman–Crippen LogP) is 5.34. The van der Waals surface area contributed by atoms with Crippen molar-refractivity contribution in [1.29, 1.82) is 0 Å². The van der Waals surface area contributed by atoms with E-state index in [2.05, 4.69) is 22.9 Å². The number of ether oxygens (including phenoxy) is 2. The summed E-state index contributed by atoms with van der Waals surface area (Å²) in [5.74, 6) is -1.44. The number of halogens is 1. The van der Waals surface area contributed by atoms with Crippen LogP contribution in [-0.4, -0.2) is 47.3 Å². The third kappa shape index (κ3) is 5.45. The molecule has 0 radical (unpaired) electrons. The van der Waals surface area contributed by atoms with Crippen LogP contribution in [0.4, 0.5) is 4.39 Å². The number of rotatable bonds is 8. The summed E-state index contributed by atoms with van der Waals surface area (Å²) in [5, 5.41) is 19.8. The third-order valence-corrected chi connectivity index (χ3v) is 7.24. The fraction of sp³-hybridized carbons (Fsp3) is 0.379. The minimum atomic E-state index is -1.13. The molecular weight excluding hydrogens is 475 g/mol. The maximum absolute atomic E-state index is 14.9. The lowest BCUT2D eigenvalue weighted by molar-refractivity contribution is -0.145. The SMILES string of the molecule is COc1cc(-c2ccc(C3CCc4ccc([C@H](O)[C@H](C)C(=O)O)cc4O3)cc2[C@@H](C)N(C)C)c(F)cn1. The first-order valence-electron chi connectivity index (χ1n) is 12.3. The van der Waals surface area contributed by atoms with Crippen molar-refractivity contribution in [2.75, 3.05) is 21.2 Å². The lowest BCUT2D eigenvalue weighted by atomic mass is 9.89. The van der Waals surface area contributed by atoms with Crippen LogP contribution in [0.15, 0.2) is 48.7 Å². The molecule has 2 aromatic carbocycles. The van der Waals surface area contributed by atoms with Crippen molar-refractivity contribution in [2.24, 2.45) is 5.92 Å². The van der Waals surface area contributed by atoms with Gasteiger partial charge in [-0.05, 0) is 80.7 Å². The Balaban J connectivity index is 1.70. The van der Waals surface area contributed by atoms with Crippen LogP contribution in [0.1, 0.15) is 60.8 Å². The lowest BCUT2D eigenvalue weighted by Crippen LogP contribution is -2.20. The Bertz CT molecular complexity index is 1300. The Labute approximate surface area is 216 Å². The molecule has 0 spiro atoms. The van der Waals surface area contributed by atoms with Gasteiger partial charge in [-0.1, -0.05) is 24.3 Å². The molecular formula is C29H33FN2O5. The molecule has 1 aromatic heterocycles. The molecule has 4 rings (SSSR count). The van der Waals surface area contributed by atoms with Crippen LogP contribution in [0.2, 0.25) is 0 Å². The van der Waals surface area contributed by atoms with E-state index in [0.717, 1.165) is 35.1 Å². The highest BCUT2D eigenvalue weighted by molar-refractivity contribution is 5.71. The number of carboxylic acids is 1. The number of aliphatic hydroxyl groups is 1. The highest BCUT2D eigenvalue weighted by Gasteiger charge is 2.27. The van der Waals surface area contributed by atoms with Crippen LogP contribution in [0.5, 0.6) is 11.6 Å². The van der Waals surface area contributed by atoms with E-state index >= 15 is 0 Å². The van der Waals surface area contributed by atoms with Crippen LogP contribution in [-0.2, 0) is 11.2 Å². The molecule has 7 nitrogen and oxygen atoms in total. The number of aliphatic hydroxyl groups excluding tert-OH is 1. The molecule has 1 aliphatic heterocycles. The standard InChI is InChI=1S/C29H33FN2O5/c1-16(29(34)35)28(33)20-7-6-18-9-11-25(37-26(18)13-20)19-8-10-21(22(12-19)17(2)32(3)4)23-14-27(36-5)31-15-24(23)30/h6-8,10,12-17,25,28,33H,9,11H2,1-5H3,(H,34,35)/t16-,17+,25?,28+/m0/s1. The van der Waals surface area contributed by atoms with Gasteiger partial charge >= 0.3 is 5.97 Å². The second-order valence-corrected chi connectivity index (χ2v) is 9.78. The molecule has 0 saturated carbocycles. The van der Waals surface area contributed by atoms with E-state index in [1.165, 1.54) is 20.2 Å². The van der Waals surface area contributed by atoms with E-state index in [9.17, 15) is 19.4 Å². The van der Waals surface area contributed by atoms with E-state index in [4.69, 9.17) is 9.47 Å². The van der Waals surface area contributed by atoms with Gasteiger partial charge in [0.1, 0.15) is 17.7 Å². The maximum atomic E-state index is 14.9. The van der Waals surface area contributed by atoms with Crippen molar-refractivity contribution in [3.8, 4) is 22.8 Å². The number of pyridine rings is 1. The zero-order valence-electron chi connectivity index (χ0n) is 21.7. The number of hydrogen-bond donors (Lipinski definition) is 2. The second kappa shape index (κ2) is 10.9. The maximum Gasteiger partial charge on any atom is 0.309 e. The minimum Gasteiger partial charge on any atom is -0.485 e. The number of aromatic nitrogens is 1. The van der Waals surface area contributed by atoms with Crippen molar-refractivity contribution >= 4 is 5.97 Å². The largest absolute Gasteiger partial charge is 0.485 e. The normalized spacial score (nSPS) is 17.5. The predicted molar refractivity (Wildman–Crippen MR) is 138 cm³/mol. The van der Waals surface area contributed by atoms with Gasteiger partial charge in [0.15, 0.2) is 0 Å². The van der Waals surface area contributed by atoms with Gasteiger partial charge in [-0.3, -0.25) is 4.79 Å². The molecule has 2 heterocycles. The van der Waals surface area contributed by atoms with Crippen LogP contribution in [0.25, 0.3) is 11.1 Å². The van der Waals surface area contributed by atoms with Crippen molar-refractivity contribution < 1.29 is 28.9 Å². The first kappa shape index (κ1) is 26.6. The Morgan fingerprint density at radius 3 is 2.59 bits per heavy atom. The van der Waals surface area contributed by atoms with Crippen LogP contribution < -0.4 is 9.47 Å². The number of methoxy groups -OCH3 is 1. The summed E-state index contributed by atoms with van der Waals surface area (Å²) in [6.45, 7) is 3.54. The monoisotopic (exact) mass is 508 g/mol. The first-order chi connectivity index (χ1) is 17.6. The summed E-state index contributed by atoms with van der Waals surface area (Å²) >= 11 is 0. The number of carbonyl (C=O) groups is 1. The van der Waals surface area contributed by atoms with Crippen molar-refractivity contribution in [3.05, 3.63) is 76.7 Å². The molecule has 4 atom stereocenters. The molecule has 0 saturated heterocycles. The molecule has 2 N–H and O–H groups in total. The molecule has 1 unspecified atom stereocenters. The van der Waals surface area contributed by atoms with Crippen molar-refractivity contribution in [1.82, 2.24) is 9.88 Å². The topological polar surface area (TPSA) is 92.1 Å². The van der Waals surface area contributed by atoms with Gasteiger partial charge in [0.25, 0.3) is 0 Å². The molecule has 1 aliphatic rings. The van der Waals surface area contributed by atoms with E-state index in [0.29, 0.717) is 22.8 Å². The van der Waals surface area contributed by atoms with Crippen LogP contribution >= 0.6 is 0 Å². The number of aliphatic carboxylic acids is 1. The van der Waals surface area contributed by atoms with Crippen molar-refractivity contribution in [2.45, 2.75) is 44.9 Å². The average Bonchev–Trinajstić information content (AvgIpc) is 2.91. The number of carboxylic acid groups (broad SMARTS) is 1. The number of hydrogen-bond acceptors (Lipinski definition) is 6. The Morgan fingerprint density at radius 2 is 1.92 bits per heavy atom. The van der Waals surface area contributed by atoms with Gasteiger partial charge in [0.2, 0.25) is 5.88 Å². The van der Waals surface area contributed by atoms with E-state index in [1.54, 1.807) is 18.2 Å². The Morgan fingerprint density at radius 1 is 1.16 bits per heavy atom. The summed E-state index contributed by atoms with van der Waals surface area (Å²) in [6.07, 6.45) is 1.33. The first-order valence-corrected chi connectivity index (χ1v) is 12.3. The molecule has 196 valence electrons. The fourth-order valence-electron chi connectivity index (χ4n) is 4.62. The number of nitrogens with zero attached hydrogens (tertiary/aromatic N) is 2. The van der Waals surface area contributed by atoms with E-state index < -0.39 is 23.8 Å². The quantitative estimate of drug-likeness (QED) is 0.424. The van der Waals surface area contributed by atoms with Gasteiger partial charge in [0, 0.05) is 17.7 Å². The van der Waals surface area contributed by atoms with Crippen LogP contribution in [0, 0.1) is 11.7 Å². The summed E-state index contributed by atoms with van der Waals surface area (Å²) in [7, 11) is 5.45. The summed E-state index contributed by atoms with van der Waals surface area (Å²) < 4.78 is 26.5. The van der Waals surface area contributed by atoms with E-state index in [1.807, 2.05) is 32.3 Å². The second-order valence-electron chi connectivity index (χ2n) is 9.78. The van der Waals surface area contributed by atoms with Gasteiger partial charge in [-0.2, -0.15) is 0 Å². The fourth-order valence-corrected chi connectivity index (χ4v) is 4.62. The molecule has 0 fully saturated rings. The zero-order valence-corrected chi connectivity index (χ0v) is 21.7. The van der Waals surface area contributed by atoms with Gasteiger partial charge in [-0.15, -0.1) is 0 Å². The number of benzene rings is 2. The number of fused-ring (bicyclic) bond motifs is 1. The highest BCUT2D eigenvalue weighted by atomic mass is 19.1. The van der Waals surface area contributed by atoms with E-state index in [-0.39, 0.29) is 12.1 Å². The molecule has 0 bridgehead atoms. The summed E-state index contributed by atoms with van der Waals surface area (Å²) in [4.78, 5) is 17.4. The zero-order chi connectivity index (χ0) is 26.9. The summed E-state index contributed by atoms with van der Waals surface area (Å²) in [6, 6.07) is 12.9. The number of aryl methyl sites for hydroxylation is 1. The molecule has 0 amide bonds. The minimum absolute atomic E-state index is 0.0105. The molecule has 8 heteroatoms. The Hall–Kier alpha value is -3.49. The lowest BCUT2D eigenvalue weighted by Gasteiger charge is -2.30. The van der Waals surface area contributed by atoms with Gasteiger partial charge in [-0.25, -0.2) is 9.37 Å². The summed E-state index contributed by atoms with van der Waals surface area (Å²) in [5.41, 5.74) is 4.61. The van der Waals surface area contributed by atoms with Crippen LogP contribution in [0.3, 0.4) is 0 Å². The van der Waals surface area contributed by atoms with Crippen molar-refractivity contribution in [3.63, 3.8) is 0 Å². The molecule has 3 aromatic rings. The van der Waals surface area contributed by atoms with Gasteiger partial charge in [0.05, 0.1) is 25.3 Å². The highest BCUT2D eigenvalue weighted by Crippen LogP contribution is 2.40. The average molecular weight is 509 g/mol.